The molecule has 0 aliphatic carbocycles. The van der Waals surface area contributed by atoms with Crippen molar-refractivity contribution < 1.29 is 14.3 Å². The largest absolute Gasteiger partial charge is 0.379 e. The number of aromatic nitrogens is 2. The van der Waals surface area contributed by atoms with Gasteiger partial charge in [-0.3, -0.25) is 4.79 Å². The maximum atomic E-state index is 12.5. The molecule has 6 heteroatoms. The molecule has 134 valence electrons. The zero-order valence-electron chi connectivity index (χ0n) is 14.8. The summed E-state index contributed by atoms with van der Waals surface area (Å²) in [7, 11) is 0. The van der Waals surface area contributed by atoms with Crippen molar-refractivity contribution in [2.75, 3.05) is 19.8 Å². The predicted molar refractivity (Wildman–Crippen MR) is 96.3 cm³/mol. The van der Waals surface area contributed by atoms with Gasteiger partial charge in [0.15, 0.2) is 0 Å². The fraction of sp³-hybridized carbons (Fsp3) is 0.474. The molecule has 1 aliphatic rings. The number of carbonyl (C=O) groups excluding carboxylic acids is 1. The number of amides is 1. The summed E-state index contributed by atoms with van der Waals surface area (Å²) >= 11 is 0. The number of carbonyl (C=O) groups is 1. The number of hydrogen-bond acceptors (Lipinski definition) is 4. The zero-order valence-corrected chi connectivity index (χ0v) is 14.8. The lowest BCUT2D eigenvalue weighted by molar-refractivity contribution is -0.126. The molecule has 3 rings (SSSR count). The van der Waals surface area contributed by atoms with E-state index in [-0.39, 0.29) is 24.6 Å². The molecule has 2 atom stereocenters. The van der Waals surface area contributed by atoms with Crippen molar-refractivity contribution >= 4 is 16.9 Å². The quantitative estimate of drug-likeness (QED) is 0.818. The van der Waals surface area contributed by atoms with Crippen molar-refractivity contribution in [1.82, 2.24) is 14.9 Å². The van der Waals surface area contributed by atoms with Crippen molar-refractivity contribution in [3.05, 3.63) is 42.2 Å². The first-order valence-electron chi connectivity index (χ1n) is 8.65. The molecule has 0 unspecified atom stereocenters. The molecule has 1 fully saturated rings. The summed E-state index contributed by atoms with van der Waals surface area (Å²) < 4.78 is 13.3. The summed E-state index contributed by atoms with van der Waals surface area (Å²) in [6, 6.07) is 7.66. The Hall–Kier alpha value is -2.18. The Morgan fingerprint density at radius 3 is 3.12 bits per heavy atom. The number of fused-ring (bicyclic) bond motifs is 1. The van der Waals surface area contributed by atoms with E-state index in [9.17, 15) is 4.79 Å². The van der Waals surface area contributed by atoms with Gasteiger partial charge in [-0.15, -0.1) is 0 Å². The second-order valence-corrected chi connectivity index (χ2v) is 6.55. The summed E-state index contributed by atoms with van der Waals surface area (Å²) in [5, 5.41) is 3.05. The smallest absolute Gasteiger partial charge is 0.240 e. The van der Waals surface area contributed by atoms with Gasteiger partial charge in [-0.2, -0.15) is 0 Å². The summed E-state index contributed by atoms with van der Waals surface area (Å²) in [5.41, 5.74) is 3.06. The van der Waals surface area contributed by atoms with Gasteiger partial charge in [0.2, 0.25) is 5.91 Å². The van der Waals surface area contributed by atoms with E-state index in [1.54, 1.807) is 6.33 Å². The third kappa shape index (κ3) is 4.67. The van der Waals surface area contributed by atoms with Crippen LogP contribution in [0, 0.1) is 0 Å². The Morgan fingerprint density at radius 1 is 1.44 bits per heavy atom. The van der Waals surface area contributed by atoms with E-state index in [1.165, 1.54) is 5.57 Å². The summed E-state index contributed by atoms with van der Waals surface area (Å²) in [4.78, 5) is 16.8. The van der Waals surface area contributed by atoms with E-state index in [2.05, 4.69) is 10.3 Å². The normalized spacial score (nSPS) is 20.4. The molecule has 1 amide bonds. The molecule has 6 nitrogen and oxygen atoms in total. The molecule has 1 aromatic carbocycles. The maximum absolute atomic E-state index is 12.5. The van der Waals surface area contributed by atoms with Gasteiger partial charge in [0.25, 0.3) is 0 Å². The third-order valence-electron chi connectivity index (χ3n) is 4.28. The van der Waals surface area contributed by atoms with Crippen LogP contribution >= 0.6 is 0 Å². The van der Waals surface area contributed by atoms with Crippen LogP contribution in [-0.2, 0) is 20.8 Å². The van der Waals surface area contributed by atoms with Gasteiger partial charge in [-0.25, -0.2) is 4.98 Å². The Morgan fingerprint density at radius 2 is 2.28 bits per heavy atom. The lowest BCUT2D eigenvalue weighted by atomic mass is 10.1. The Balaban J connectivity index is 1.59. The van der Waals surface area contributed by atoms with E-state index >= 15 is 0 Å². The maximum Gasteiger partial charge on any atom is 0.240 e. The van der Waals surface area contributed by atoms with Crippen LogP contribution in [0.5, 0.6) is 0 Å². The average molecular weight is 343 g/mol. The topological polar surface area (TPSA) is 65.4 Å². The number of ether oxygens (including phenoxy) is 2. The lowest BCUT2D eigenvalue weighted by Gasteiger charge is -2.32. The van der Waals surface area contributed by atoms with E-state index in [1.807, 2.05) is 48.8 Å². The van der Waals surface area contributed by atoms with Gasteiger partial charge < -0.3 is 19.4 Å². The van der Waals surface area contributed by atoms with Gasteiger partial charge in [-0.1, -0.05) is 23.8 Å². The summed E-state index contributed by atoms with van der Waals surface area (Å²) in [6.45, 7) is 6.03. The molecule has 2 aromatic rings. The van der Waals surface area contributed by atoms with Crippen LogP contribution in [-0.4, -0.2) is 47.4 Å². The number of rotatable bonds is 6. The van der Waals surface area contributed by atoms with Crippen LogP contribution in [0.15, 0.2) is 42.2 Å². The molecule has 0 spiro atoms. The van der Waals surface area contributed by atoms with E-state index in [4.69, 9.17) is 9.47 Å². The number of nitrogens with one attached hydrogen (secondary N) is 1. The molecule has 0 saturated carbocycles. The van der Waals surface area contributed by atoms with Crippen molar-refractivity contribution in [1.29, 1.82) is 0 Å². The van der Waals surface area contributed by atoms with Crippen LogP contribution in [0.1, 0.15) is 20.3 Å². The number of allylic oxidation sites excluding steroid dienone is 1. The molecule has 1 saturated heterocycles. The first-order chi connectivity index (χ1) is 12.1. The van der Waals surface area contributed by atoms with Gasteiger partial charge in [0.1, 0.15) is 6.54 Å². The molecule has 0 bridgehead atoms. The zero-order chi connectivity index (χ0) is 17.6. The minimum Gasteiger partial charge on any atom is -0.379 e. The van der Waals surface area contributed by atoms with Crippen LogP contribution in [0.2, 0.25) is 0 Å². The average Bonchev–Trinajstić information content (AvgIpc) is 2.99. The van der Waals surface area contributed by atoms with Crippen molar-refractivity contribution in [3.63, 3.8) is 0 Å². The monoisotopic (exact) mass is 343 g/mol. The molecular weight excluding hydrogens is 318 g/mol. The van der Waals surface area contributed by atoms with Gasteiger partial charge in [0, 0.05) is 6.61 Å². The van der Waals surface area contributed by atoms with Gasteiger partial charge >= 0.3 is 0 Å². The molecule has 1 aliphatic heterocycles. The van der Waals surface area contributed by atoms with Crippen LogP contribution in [0.25, 0.3) is 11.0 Å². The van der Waals surface area contributed by atoms with E-state index in [0.29, 0.717) is 19.8 Å². The highest BCUT2D eigenvalue weighted by molar-refractivity contribution is 5.80. The predicted octanol–water partition coefficient (Wildman–Crippen LogP) is 2.29. The molecule has 0 radical (unpaired) electrons. The molecular formula is C19H25N3O3. The minimum atomic E-state index is -0.124. The number of imidazole rings is 1. The lowest BCUT2D eigenvalue weighted by Crippen LogP contribution is -2.51. The van der Waals surface area contributed by atoms with Gasteiger partial charge in [0.05, 0.1) is 42.7 Å². The fourth-order valence-corrected chi connectivity index (χ4v) is 2.93. The summed E-state index contributed by atoms with van der Waals surface area (Å²) in [6.07, 6.45) is 4.51. The number of para-hydroxylation sites is 2. The van der Waals surface area contributed by atoms with E-state index in [0.717, 1.165) is 17.5 Å². The molecule has 1 aromatic heterocycles. The fourth-order valence-electron chi connectivity index (χ4n) is 2.93. The van der Waals surface area contributed by atoms with Gasteiger partial charge in [-0.05, 0) is 32.4 Å². The number of nitrogens with zero attached hydrogens (tertiary/aromatic N) is 2. The Kier molecular flexibility index (Phi) is 5.83. The van der Waals surface area contributed by atoms with Crippen LogP contribution in [0.4, 0.5) is 0 Å². The number of benzene rings is 1. The molecule has 1 N–H and O–H groups in total. The third-order valence-corrected chi connectivity index (χ3v) is 4.28. The van der Waals surface area contributed by atoms with Crippen molar-refractivity contribution in [2.24, 2.45) is 0 Å². The standard InChI is InChI=1S/C19H25N3O3/c1-14(2)7-10-25-18-8-9-24-12-16(18)21-19(23)11-22-13-20-15-5-3-4-6-17(15)22/h3-7,13,16,18H,8-12H2,1-2H3,(H,21,23)/t16-,18+/m0/s1. The number of hydrogen-bond donors (Lipinski definition) is 1. The van der Waals surface area contributed by atoms with E-state index < -0.39 is 0 Å². The first kappa shape index (κ1) is 17.6. The second kappa shape index (κ2) is 8.27. The highest BCUT2D eigenvalue weighted by Gasteiger charge is 2.27. The van der Waals surface area contributed by atoms with Crippen molar-refractivity contribution in [3.8, 4) is 0 Å². The summed E-state index contributed by atoms with van der Waals surface area (Å²) in [5.74, 6) is -0.0607. The van der Waals surface area contributed by atoms with Crippen LogP contribution in [0.3, 0.4) is 0 Å². The SMILES string of the molecule is CC(C)=CCO[C@@H]1CCOC[C@@H]1NC(=O)Cn1cnc2ccccc21. The molecule has 2 heterocycles. The minimum absolute atomic E-state index is 0.0205. The van der Waals surface area contributed by atoms with Crippen molar-refractivity contribution in [2.45, 2.75) is 39.0 Å². The Labute approximate surface area is 147 Å². The Bertz CT molecular complexity index is 749. The van der Waals surface area contributed by atoms with Crippen LogP contribution < -0.4 is 5.32 Å². The second-order valence-electron chi connectivity index (χ2n) is 6.55. The highest BCUT2D eigenvalue weighted by atomic mass is 16.5. The molecule has 25 heavy (non-hydrogen) atoms. The first-order valence-corrected chi connectivity index (χ1v) is 8.65. The highest BCUT2D eigenvalue weighted by Crippen LogP contribution is 2.14.